The number of ether oxygens (including phenoxy) is 1. The molecule has 0 radical (unpaired) electrons. The highest BCUT2D eigenvalue weighted by Gasteiger charge is 2.75. The second-order valence-corrected chi connectivity index (χ2v) is 5.39. The van der Waals surface area contributed by atoms with Crippen LogP contribution in [0, 0.1) is 5.41 Å². The molecule has 5 nitrogen and oxygen atoms in total. The van der Waals surface area contributed by atoms with Crippen molar-refractivity contribution in [1.82, 2.24) is 0 Å². The molecule has 0 bridgehead atoms. The highest BCUT2D eigenvalue weighted by atomic mass is 16.6. The lowest BCUT2D eigenvalue weighted by Gasteiger charge is -2.24. The van der Waals surface area contributed by atoms with Crippen LogP contribution in [-0.4, -0.2) is 28.2 Å². The largest absolute Gasteiger partial charge is 0.480 e. The van der Waals surface area contributed by atoms with E-state index in [-0.39, 0.29) is 6.42 Å². The van der Waals surface area contributed by atoms with Gasteiger partial charge in [-0.1, -0.05) is 6.92 Å². The number of hydrogen-bond donors (Lipinski definition) is 2. The van der Waals surface area contributed by atoms with Crippen LogP contribution in [0.5, 0.6) is 0 Å². The van der Waals surface area contributed by atoms with Gasteiger partial charge >= 0.3 is 11.9 Å². The number of carbonyl (C=O) groups excluding carboxylic acids is 1. The Bertz CT molecular complexity index is 333. The summed E-state index contributed by atoms with van der Waals surface area (Å²) in [4.78, 5) is 22.9. The summed E-state index contributed by atoms with van der Waals surface area (Å²) in [7, 11) is 0. The van der Waals surface area contributed by atoms with E-state index in [2.05, 4.69) is 0 Å². The molecule has 1 aliphatic rings. The lowest BCUT2D eigenvalue weighted by atomic mass is 9.96. The molecule has 0 heterocycles. The van der Waals surface area contributed by atoms with Crippen molar-refractivity contribution in [3.63, 3.8) is 0 Å². The van der Waals surface area contributed by atoms with Crippen LogP contribution in [0.4, 0.5) is 0 Å². The van der Waals surface area contributed by atoms with Crippen molar-refractivity contribution in [2.45, 2.75) is 51.7 Å². The maximum absolute atomic E-state index is 11.9. The molecule has 0 spiro atoms. The summed E-state index contributed by atoms with van der Waals surface area (Å²) in [5.41, 5.74) is 2.57. The Kier molecular flexibility index (Phi) is 2.79. The molecule has 0 unspecified atom stereocenters. The monoisotopic (exact) mass is 229 g/mol. The van der Waals surface area contributed by atoms with Gasteiger partial charge in [-0.15, -0.1) is 0 Å². The van der Waals surface area contributed by atoms with Gasteiger partial charge in [0.25, 0.3) is 0 Å². The minimum Gasteiger partial charge on any atom is -0.480 e. The van der Waals surface area contributed by atoms with Crippen LogP contribution in [0.3, 0.4) is 0 Å². The van der Waals surface area contributed by atoms with E-state index in [1.54, 1.807) is 27.7 Å². The summed E-state index contributed by atoms with van der Waals surface area (Å²) in [6.07, 6.45) is 0.533. The summed E-state index contributed by atoms with van der Waals surface area (Å²) >= 11 is 0. The van der Waals surface area contributed by atoms with Crippen molar-refractivity contribution in [2.24, 2.45) is 11.1 Å². The molecular weight excluding hydrogens is 210 g/mol. The predicted molar refractivity (Wildman–Crippen MR) is 57.7 cm³/mol. The highest BCUT2D eigenvalue weighted by Crippen LogP contribution is 2.58. The fourth-order valence-corrected chi connectivity index (χ4v) is 1.93. The van der Waals surface area contributed by atoms with Gasteiger partial charge in [0, 0.05) is 0 Å². The van der Waals surface area contributed by atoms with Crippen molar-refractivity contribution in [2.75, 3.05) is 0 Å². The molecule has 0 aromatic heterocycles. The molecule has 92 valence electrons. The van der Waals surface area contributed by atoms with E-state index < -0.39 is 28.5 Å². The van der Waals surface area contributed by atoms with Crippen LogP contribution < -0.4 is 5.73 Å². The summed E-state index contributed by atoms with van der Waals surface area (Å²) in [5, 5.41) is 8.99. The number of aliphatic carboxylic acids is 1. The third-order valence-electron chi connectivity index (χ3n) is 3.08. The molecule has 0 aromatic rings. The quantitative estimate of drug-likeness (QED) is 0.702. The summed E-state index contributed by atoms with van der Waals surface area (Å²) in [5.74, 6) is -1.65. The van der Waals surface area contributed by atoms with Gasteiger partial charge in [0.2, 0.25) is 0 Å². The number of hydrogen-bond acceptors (Lipinski definition) is 4. The summed E-state index contributed by atoms with van der Waals surface area (Å²) in [6, 6.07) is 0. The molecular formula is C11H19NO4. The van der Waals surface area contributed by atoms with Crippen molar-refractivity contribution in [3.05, 3.63) is 0 Å². The van der Waals surface area contributed by atoms with Gasteiger partial charge in [0.15, 0.2) is 0 Å². The van der Waals surface area contributed by atoms with Crippen molar-refractivity contribution in [3.8, 4) is 0 Å². The van der Waals surface area contributed by atoms with Gasteiger partial charge < -0.3 is 15.6 Å². The maximum Gasteiger partial charge on any atom is 0.324 e. The molecule has 5 heteroatoms. The van der Waals surface area contributed by atoms with E-state index in [1.807, 2.05) is 0 Å². The minimum absolute atomic E-state index is 0.154. The topological polar surface area (TPSA) is 89.6 Å². The second kappa shape index (κ2) is 3.45. The normalized spacial score (nSPS) is 33.3. The molecule has 1 saturated carbocycles. The van der Waals surface area contributed by atoms with Crippen LogP contribution in [0.25, 0.3) is 0 Å². The standard InChI is InChI=1S/C11H19NO4/c1-5-10(6-11(10,12)7(13)14)8(15)16-9(2,3)4/h5-6,12H2,1-4H3,(H,13,14)/t10-,11-/m1/s1. The van der Waals surface area contributed by atoms with Crippen molar-refractivity contribution < 1.29 is 19.4 Å². The Balaban J connectivity index is 2.87. The zero-order valence-corrected chi connectivity index (χ0v) is 10.2. The Morgan fingerprint density at radius 2 is 1.94 bits per heavy atom. The molecule has 2 atom stereocenters. The van der Waals surface area contributed by atoms with Gasteiger partial charge in [-0.25, -0.2) is 0 Å². The first kappa shape index (κ1) is 13.0. The molecule has 0 saturated heterocycles. The Hall–Kier alpha value is -1.10. The maximum atomic E-state index is 11.9. The van der Waals surface area contributed by atoms with E-state index in [0.717, 1.165) is 0 Å². The fraction of sp³-hybridized carbons (Fsp3) is 0.818. The third kappa shape index (κ3) is 1.80. The zero-order valence-electron chi connectivity index (χ0n) is 10.2. The number of nitrogens with two attached hydrogens (primary N) is 1. The number of esters is 1. The number of carboxylic acids is 1. The Morgan fingerprint density at radius 1 is 1.44 bits per heavy atom. The first-order chi connectivity index (χ1) is 7.09. The number of carboxylic acid groups (broad SMARTS) is 1. The molecule has 0 aliphatic heterocycles. The first-order valence-electron chi connectivity index (χ1n) is 5.35. The average Bonchev–Trinajstić information content (AvgIpc) is 2.72. The van der Waals surface area contributed by atoms with E-state index in [9.17, 15) is 9.59 Å². The minimum atomic E-state index is -1.45. The molecule has 1 fully saturated rings. The van der Waals surface area contributed by atoms with E-state index in [0.29, 0.717) is 6.42 Å². The van der Waals surface area contributed by atoms with E-state index in [1.165, 1.54) is 0 Å². The molecule has 1 aliphatic carbocycles. The zero-order chi connectivity index (χ0) is 12.8. The average molecular weight is 229 g/mol. The lowest BCUT2D eigenvalue weighted by Crippen LogP contribution is -2.44. The molecule has 0 aromatic carbocycles. The SMILES string of the molecule is CC[C@]1(C(=O)OC(C)(C)C)C[C@@]1(N)C(=O)O. The van der Waals surface area contributed by atoms with Gasteiger partial charge in [0.05, 0.1) is 5.41 Å². The van der Waals surface area contributed by atoms with Crippen molar-refractivity contribution >= 4 is 11.9 Å². The van der Waals surface area contributed by atoms with Crippen molar-refractivity contribution in [1.29, 1.82) is 0 Å². The van der Waals surface area contributed by atoms with Crippen LogP contribution in [-0.2, 0) is 14.3 Å². The summed E-state index contributed by atoms with van der Waals surface area (Å²) < 4.78 is 5.22. The first-order valence-corrected chi connectivity index (χ1v) is 5.35. The molecule has 3 N–H and O–H groups in total. The number of rotatable bonds is 3. The van der Waals surface area contributed by atoms with Gasteiger partial charge in [-0.05, 0) is 33.6 Å². The highest BCUT2D eigenvalue weighted by molar-refractivity contribution is 5.97. The molecule has 0 amide bonds. The van der Waals surface area contributed by atoms with E-state index in [4.69, 9.17) is 15.6 Å². The van der Waals surface area contributed by atoms with Gasteiger partial charge in [0.1, 0.15) is 11.1 Å². The van der Waals surface area contributed by atoms with Crippen LogP contribution >= 0.6 is 0 Å². The van der Waals surface area contributed by atoms with Gasteiger partial charge in [-0.3, -0.25) is 9.59 Å². The predicted octanol–water partition coefficient (Wildman–Crippen LogP) is 0.910. The Morgan fingerprint density at radius 3 is 2.19 bits per heavy atom. The molecule has 1 rings (SSSR count). The smallest absolute Gasteiger partial charge is 0.324 e. The van der Waals surface area contributed by atoms with E-state index >= 15 is 0 Å². The van der Waals surface area contributed by atoms with Crippen LogP contribution in [0.1, 0.15) is 40.5 Å². The third-order valence-corrected chi connectivity index (χ3v) is 3.08. The van der Waals surface area contributed by atoms with Crippen LogP contribution in [0.2, 0.25) is 0 Å². The second-order valence-electron chi connectivity index (χ2n) is 5.39. The van der Waals surface area contributed by atoms with Gasteiger partial charge in [-0.2, -0.15) is 0 Å². The Labute approximate surface area is 95.0 Å². The molecule has 16 heavy (non-hydrogen) atoms. The van der Waals surface area contributed by atoms with Crippen LogP contribution in [0.15, 0.2) is 0 Å². The fourth-order valence-electron chi connectivity index (χ4n) is 1.93. The summed E-state index contributed by atoms with van der Waals surface area (Å²) in [6.45, 7) is 6.99. The number of carbonyl (C=O) groups is 2. The lowest BCUT2D eigenvalue weighted by molar-refractivity contribution is -0.165.